The summed E-state index contributed by atoms with van der Waals surface area (Å²) in [7, 11) is 1.36. The van der Waals surface area contributed by atoms with Crippen molar-refractivity contribution in [3.63, 3.8) is 0 Å². The van der Waals surface area contributed by atoms with Gasteiger partial charge in [0.15, 0.2) is 0 Å². The van der Waals surface area contributed by atoms with Gasteiger partial charge in [-0.15, -0.1) is 0 Å². The highest BCUT2D eigenvalue weighted by atomic mass is 16.5. The molecule has 3 nitrogen and oxygen atoms in total. The van der Waals surface area contributed by atoms with E-state index in [1.165, 1.54) is 13.2 Å². The highest BCUT2D eigenvalue weighted by Gasteiger charge is 1.97. The maximum atomic E-state index is 11.0. The number of pyridine rings is 1. The summed E-state index contributed by atoms with van der Waals surface area (Å²) in [6, 6.07) is 9.85. The summed E-state index contributed by atoms with van der Waals surface area (Å²) in [6.45, 7) is 1.96. The number of carbonyl (C=O) groups excluding carboxylic acids is 1. The Balaban J connectivity index is 2.35. The fraction of sp³-hybridized carbons (Fsp3) is 0.143. The first-order chi connectivity index (χ1) is 8.19. The number of nitrogens with zero attached hydrogens (tertiary/aromatic N) is 1. The van der Waals surface area contributed by atoms with Crippen molar-refractivity contribution in [2.45, 2.75) is 6.92 Å². The lowest BCUT2D eigenvalue weighted by Gasteiger charge is -2.00. The number of aromatic nitrogens is 1. The number of hydrogen-bond donors (Lipinski definition) is 0. The van der Waals surface area contributed by atoms with Crippen LogP contribution < -0.4 is 0 Å². The van der Waals surface area contributed by atoms with Crippen molar-refractivity contribution in [3.8, 4) is 0 Å². The number of esters is 1. The molecule has 0 radical (unpaired) electrons. The van der Waals surface area contributed by atoms with Crippen LogP contribution in [0.4, 0.5) is 0 Å². The topological polar surface area (TPSA) is 39.2 Å². The number of benzene rings is 1. The minimum Gasteiger partial charge on any atom is -0.466 e. The smallest absolute Gasteiger partial charge is 0.330 e. The van der Waals surface area contributed by atoms with E-state index in [9.17, 15) is 4.79 Å². The number of fused-ring (bicyclic) bond motifs is 1. The van der Waals surface area contributed by atoms with E-state index in [2.05, 4.69) is 9.72 Å². The highest BCUT2D eigenvalue weighted by Crippen LogP contribution is 2.15. The molecule has 0 aliphatic carbocycles. The van der Waals surface area contributed by atoms with E-state index in [4.69, 9.17) is 0 Å². The molecule has 0 spiro atoms. The maximum Gasteiger partial charge on any atom is 0.330 e. The summed E-state index contributed by atoms with van der Waals surface area (Å²) in [6.07, 6.45) is 3.13. The third kappa shape index (κ3) is 2.69. The number of rotatable bonds is 2. The van der Waals surface area contributed by atoms with E-state index in [0.717, 1.165) is 22.2 Å². The molecule has 0 unspecified atom stereocenters. The second-order valence-electron chi connectivity index (χ2n) is 3.76. The van der Waals surface area contributed by atoms with E-state index >= 15 is 0 Å². The lowest BCUT2D eigenvalue weighted by molar-refractivity contribution is -0.134. The van der Waals surface area contributed by atoms with Gasteiger partial charge in [-0.2, -0.15) is 0 Å². The number of ether oxygens (including phenoxy) is 1. The van der Waals surface area contributed by atoms with Crippen molar-refractivity contribution < 1.29 is 9.53 Å². The molecule has 2 aromatic rings. The predicted octanol–water partition coefficient (Wildman–Crippen LogP) is 2.73. The molecular weight excluding hydrogens is 214 g/mol. The molecule has 86 valence electrons. The van der Waals surface area contributed by atoms with Gasteiger partial charge >= 0.3 is 5.97 Å². The van der Waals surface area contributed by atoms with Gasteiger partial charge in [-0.3, -0.25) is 4.98 Å². The van der Waals surface area contributed by atoms with Crippen LogP contribution in [0.25, 0.3) is 17.0 Å². The van der Waals surface area contributed by atoms with Crippen molar-refractivity contribution in [3.05, 3.63) is 47.7 Å². The largest absolute Gasteiger partial charge is 0.466 e. The minimum absolute atomic E-state index is 0.355. The molecule has 0 saturated carbocycles. The number of methoxy groups -OCH3 is 1. The quantitative estimate of drug-likeness (QED) is 0.585. The summed E-state index contributed by atoms with van der Waals surface area (Å²) >= 11 is 0. The van der Waals surface area contributed by atoms with E-state index < -0.39 is 0 Å². The van der Waals surface area contributed by atoms with E-state index in [1.54, 1.807) is 6.08 Å². The SMILES string of the molecule is COC(=O)C=Cc1ccc2nc(C)ccc2c1. The zero-order chi connectivity index (χ0) is 12.3. The molecule has 2 rings (SSSR count). The standard InChI is InChI=1S/C14H13NO2/c1-10-3-6-12-9-11(4-7-13(12)15-10)5-8-14(16)17-2/h3-9H,1-2H3. The van der Waals surface area contributed by atoms with Crippen LogP contribution in [0.3, 0.4) is 0 Å². The van der Waals surface area contributed by atoms with E-state index in [1.807, 2.05) is 37.3 Å². The minimum atomic E-state index is -0.355. The van der Waals surface area contributed by atoms with Crippen LogP contribution in [0.1, 0.15) is 11.3 Å². The Labute approximate surface area is 99.7 Å². The summed E-state index contributed by atoms with van der Waals surface area (Å²) in [5, 5.41) is 1.06. The molecule has 0 fully saturated rings. The van der Waals surface area contributed by atoms with Crippen LogP contribution in [0.2, 0.25) is 0 Å². The van der Waals surface area contributed by atoms with Crippen molar-refractivity contribution in [2.75, 3.05) is 7.11 Å². The zero-order valence-electron chi connectivity index (χ0n) is 9.81. The summed E-state index contributed by atoms with van der Waals surface area (Å²) in [5.74, 6) is -0.355. The molecule has 0 N–H and O–H groups in total. The van der Waals surface area contributed by atoms with Gasteiger partial charge < -0.3 is 4.74 Å². The van der Waals surface area contributed by atoms with Gasteiger partial charge in [0, 0.05) is 17.2 Å². The Morgan fingerprint density at radius 3 is 2.88 bits per heavy atom. The Morgan fingerprint density at radius 2 is 2.12 bits per heavy atom. The van der Waals surface area contributed by atoms with Crippen molar-refractivity contribution >= 4 is 22.9 Å². The molecule has 17 heavy (non-hydrogen) atoms. The average molecular weight is 227 g/mol. The number of carbonyl (C=O) groups is 1. The first-order valence-corrected chi connectivity index (χ1v) is 5.32. The zero-order valence-corrected chi connectivity index (χ0v) is 9.81. The maximum absolute atomic E-state index is 11.0. The second-order valence-corrected chi connectivity index (χ2v) is 3.76. The van der Waals surface area contributed by atoms with Crippen LogP contribution in [0, 0.1) is 6.92 Å². The Morgan fingerprint density at radius 1 is 1.29 bits per heavy atom. The Bertz CT molecular complexity index is 588. The van der Waals surface area contributed by atoms with Crippen molar-refractivity contribution in [1.82, 2.24) is 4.98 Å². The fourth-order valence-electron chi connectivity index (χ4n) is 1.58. The summed E-state index contributed by atoms with van der Waals surface area (Å²) in [4.78, 5) is 15.4. The van der Waals surface area contributed by atoms with Crippen molar-refractivity contribution in [1.29, 1.82) is 0 Å². The molecule has 0 bridgehead atoms. The van der Waals surface area contributed by atoms with Crippen LogP contribution in [-0.2, 0) is 9.53 Å². The molecule has 0 aliphatic rings. The molecule has 0 atom stereocenters. The van der Waals surface area contributed by atoms with Gasteiger partial charge in [0.25, 0.3) is 0 Å². The van der Waals surface area contributed by atoms with E-state index in [-0.39, 0.29) is 5.97 Å². The van der Waals surface area contributed by atoms with Gasteiger partial charge in [-0.1, -0.05) is 12.1 Å². The average Bonchev–Trinajstić information content (AvgIpc) is 2.35. The third-order valence-corrected chi connectivity index (χ3v) is 2.47. The van der Waals surface area contributed by atoms with Crippen LogP contribution in [0.15, 0.2) is 36.4 Å². The predicted molar refractivity (Wildman–Crippen MR) is 67.5 cm³/mol. The van der Waals surface area contributed by atoms with Crippen LogP contribution >= 0.6 is 0 Å². The van der Waals surface area contributed by atoms with E-state index in [0.29, 0.717) is 0 Å². The van der Waals surface area contributed by atoms with Gasteiger partial charge in [0.1, 0.15) is 0 Å². The monoisotopic (exact) mass is 227 g/mol. The molecule has 1 heterocycles. The molecule has 3 heteroatoms. The lowest BCUT2D eigenvalue weighted by atomic mass is 10.1. The molecule has 1 aromatic carbocycles. The molecule has 0 aliphatic heterocycles. The highest BCUT2D eigenvalue weighted by molar-refractivity contribution is 5.88. The molecular formula is C14H13NO2. The fourth-order valence-corrected chi connectivity index (χ4v) is 1.58. The third-order valence-electron chi connectivity index (χ3n) is 2.47. The van der Waals surface area contributed by atoms with Crippen LogP contribution in [-0.4, -0.2) is 18.1 Å². The normalized spacial score (nSPS) is 10.9. The number of aryl methyl sites for hydroxylation is 1. The van der Waals surface area contributed by atoms with Gasteiger partial charge in [0.2, 0.25) is 0 Å². The van der Waals surface area contributed by atoms with Gasteiger partial charge in [0.05, 0.1) is 12.6 Å². The molecule has 0 saturated heterocycles. The van der Waals surface area contributed by atoms with Gasteiger partial charge in [-0.05, 0) is 36.8 Å². The van der Waals surface area contributed by atoms with Gasteiger partial charge in [-0.25, -0.2) is 4.79 Å². The summed E-state index contributed by atoms with van der Waals surface area (Å²) in [5.41, 5.74) is 2.91. The second kappa shape index (κ2) is 4.78. The summed E-state index contributed by atoms with van der Waals surface area (Å²) < 4.78 is 4.54. The van der Waals surface area contributed by atoms with Crippen LogP contribution in [0.5, 0.6) is 0 Å². The first-order valence-electron chi connectivity index (χ1n) is 5.32. The number of hydrogen-bond acceptors (Lipinski definition) is 3. The molecule has 0 amide bonds. The lowest BCUT2D eigenvalue weighted by Crippen LogP contribution is -1.93. The Kier molecular flexibility index (Phi) is 3.19. The Hall–Kier alpha value is -2.16. The first kappa shape index (κ1) is 11.3. The molecule has 1 aromatic heterocycles. The van der Waals surface area contributed by atoms with Crippen molar-refractivity contribution in [2.24, 2.45) is 0 Å².